The molecule has 1 aromatic heterocycles. The molecule has 0 fully saturated rings. The molecule has 4 nitrogen and oxygen atoms in total. The normalized spacial score (nSPS) is 10.9. The largest absolute Gasteiger partial charge is 0.469 e. The molecule has 1 rings (SSSR count). The zero-order chi connectivity index (χ0) is 14.1. The molecule has 1 heterocycles. The van der Waals surface area contributed by atoms with Crippen LogP contribution in [0.5, 0.6) is 0 Å². The Balaban J connectivity index is 2.14. The third-order valence-corrected chi connectivity index (χ3v) is 3.60. The highest BCUT2D eigenvalue weighted by Gasteiger charge is 2.05. The maximum absolute atomic E-state index is 11.1. The Morgan fingerprint density at radius 1 is 1.37 bits per heavy atom. The number of esters is 1. The number of rotatable bonds is 9. The molecule has 0 spiro atoms. The summed E-state index contributed by atoms with van der Waals surface area (Å²) in [6, 6.07) is 4.04. The number of carbonyl (C=O) groups excluding carboxylic acids is 1. The van der Waals surface area contributed by atoms with Gasteiger partial charge in [-0.25, -0.2) is 0 Å². The van der Waals surface area contributed by atoms with E-state index in [1.54, 1.807) is 11.3 Å². The van der Waals surface area contributed by atoms with E-state index in [9.17, 15) is 4.79 Å². The van der Waals surface area contributed by atoms with Gasteiger partial charge in [0.15, 0.2) is 0 Å². The Bertz CT molecular complexity index is 377. The van der Waals surface area contributed by atoms with Crippen LogP contribution in [0.4, 0.5) is 0 Å². The van der Waals surface area contributed by atoms with E-state index >= 15 is 0 Å². The first kappa shape index (κ1) is 16.1. The predicted molar refractivity (Wildman–Crippen MR) is 77.5 cm³/mol. The molecule has 0 saturated heterocycles. The van der Waals surface area contributed by atoms with Crippen LogP contribution in [0.15, 0.2) is 12.1 Å². The summed E-state index contributed by atoms with van der Waals surface area (Å²) in [5.74, 6) is -0.188. The Hall–Kier alpha value is -0.910. The van der Waals surface area contributed by atoms with Gasteiger partial charge in [0.2, 0.25) is 0 Å². The molecule has 19 heavy (non-hydrogen) atoms. The molecule has 0 aliphatic rings. The second-order valence-electron chi connectivity index (χ2n) is 4.57. The zero-order valence-electron chi connectivity index (χ0n) is 11.9. The summed E-state index contributed by atoms with van der Waals surface area (Å²) in [4.78, 5) is 13.4. The van der Waals surface area contributed by atoms with Gasteiger partial charge in [-0.3, -0.25) is 4.79 Å². The Labute approximate surface area is 119 Å². The van der Waals surface area contributed by atoms with E-state index in [0.29, 0.717) is 12.5 Å². The Kier molecular flexibility index (Phi) is 7.70. The molecule has 0 aromatic carbocycles. The number of nitrogens with one attached hydrogen (secondary N) is 1. The van der Waals surface area contributed by atoms with Gasteiger partial charge in [0, 0.05) is 22.9 Å². The fourth-order valence-corrected chi connectivity index (χ4v) is 2.53. The van der Waals surface area contributed by atoms with Crippen LogP contribution >= 0.6 is 11.3 Å². The molecule has 0 bridgehead atoms. The van der Waals surface area contributed by atoms with Crippen LogP contribution in [0.1, 0.15) is 30.0 Å². The SMILES string of the molecule is COC(=O)Cc1ccc(CNCCCOC(C)C)s1. The molecular weight excluding hydrogens is 262 g/mol. The average Bonchev–Trinajstić information content (AvgIpc) is 2.80. The summed E-state index contributed by atoms with van der Waals surface area (Å²) in [6.45, 7) is 6.66. The number of ether oxygens (including phenoxy) is 2. The zero-order valence-corrected chi connectivity index (χ0v) is 12.7. The van der Waals surface area contributed by atoms with Gasteiger partial charge >= 0.3 is 5.97 Å². The topological polar surface area (TPSA) is 47.6 Å². The molecule has 0 radical (unpaired) electrons. The quantitative estimate of drug-likeness (QED) is 0.559. The van der Waals surface area contributed by atoms with Crippen molar-refractivity contribution >= 4 is 17.3 Å². The van der Waals surface area contributed by atoms with Gasteiger partial charge in [-0.1, -0.05) is 0 Å². The first-order chi connectivity index (χ1) is 9.11. The van der Waals surface area contributed by atoms with E-state index < -0.39 is 0 Å². The van der Waals surface area contributed by atoms with Gasteiger partial charge in [-0.05, 0) is 38.9 Å². The summed E-state index contributed by atoms with van der Waals surface area (Å²) >= 11 is 1.65. The van der Waals surface area contributed by atoms with E-state index in [1.807, 2.05) is 19.9 Å². The van der Waals surface area contributed by atoms with Gasteiger partial charge in [-0.2, -0.15) is 0 Å². The van der Waals surface area contributed by atoms with E-state index in [0.717, 1.165) is 31.0 Å². The smallest absolute Gasteiger partial charge is 0.310 e. The third-order valence-electron chi connectivity index (χ3n) is 2.51. The second-order valence-corrected chi connectivity index (χ2v) is 5.82. The van der Waals surface area contributed by atoms with Gasteiger partial charge in [0.1, 0.15) is 0 Å². The molecule has 5 heteroatoms. The third kappa shape index (κ3) is 7.30. The maximum atomic E-state index is 11.1. The summed E-state index contributed by atoms with van der Waals surface area (Å²) < 4.78 is 10.1. The molecule has 0 saturated carbocycles. The van der Waals surface area contributed by atoms with Crippen molar-refractivity contribution in [3.05, 3.63) is 21.9 Å². The van der Waals surface area contributed by atoms with Crippen LogP contribution in [-0.2, 0) is 27.2 Å². The van der Waals surface area contributed by atoms with E-state index in [2.05, 4.69) is 16.1 Å². The van der Waals surface area contributed by atoms with Crippen molar-refractivity contribution in [3.63, 3.8) is 0 Å². The van der Waals surface area contributed by atoms with Crippen LogP contribution < -0.4 is 5.32 Å². The Morgan fingerprint density at radius 2 is 2.11 bits per heavy atom. The van der Waals surface area contributed by atoms with Crippen LogP contribution in [0.25, 0.3) is 0 Å². The lowest BCUT2D eigenvalue weighted by Gasteiger charge is -2.07. The van der Waals surface area contributed by atoms with Crippen molar-refractivity contribution < 1.29 is 14.3 Å². The lowest BCUT2D eigenvalue weighted by atomic mass is 10.3. The number of carbonyl (C=O) groups is 1. The van der Waals surface area contributed by atoms with Gasteiger partial charge in [-0.15, -0.1) is 11.3 Å². The number of hydrogen-bond donors (Lipinski definition) is 1. The van der Waals surface area contributed by atoms with Crippen molar-refractivity contribution in [2.45, 2.75) is 39.3 Å². The minimum absolute atomic E-state index is 0.188. The van der Waals surface area contributed by atoms with Gasteiger partial charge in [0.05, 0.1) is 19.6 Å². The molecule has 0 atom stereocenters. The lowest BCUT2D eigenvalue weighted by Crippen LogP contribution is -2.16. The van der Waals surface area contributed by atoms with Gasteiger partial charge < -0.3 is 14.8 Å². The van der Waals surface area contributed by atoms with Crippen LogP contribution in [0.2, 0.25) is 0 Å². The average molecular weight is 285 g/mol. The molecule has 1 aromatic rings. The summed E-state index contributed by atoms with van der Waals surface area (Å²) in [5.41, 5.74) is 0. The van der Waals surface area contributed by atoms with Crippen molar-refractivity contribution in [3.8, 4) is 0 Å². The molecule has 0 aliphatic carbocycles. The number of thiophene rings is 1. The van der Waals surface area contributed by atoms with E-state index in [1.165, 1.54) is 12.0 Å². The highest BCUT2D eigenvalue weighted by molar-refractivity contribution is 7.12. The molecule has 108 valence electrons. The summed E-state index contributed by atoms with van der Waals surface area (Å²) in [5, 5.41) is 3.37. The van der Waals surface area contributed by atoms with Crippen molar-refractivity contribution in [2.75, 3.05) is 20.3 Å². The minimum Gasteiger partial charge on any atom is -0.469 e. The van der Waals surface area contributed by atoms with Crippen molar-refractivity contribution in [2.24, 2.45) is 0 Å². The number of methoxy groups -OCH3 is 1. The lowest BCUT2D eigenvalue weighted by molar-refractivity contribution is -0.139. The van der Waals surface area contributed by atoms with Crippen LogP contribution in [0.3, 0.4) is 0 Å². The molecule has 1 N–H and O–H groups in total. The van der Waals surface area contributed by atoms with Crippen LogP contribution in [-0.4, -0.2) is 32.3 Å². The molecule has 0 amide bonds. The fraction of sp³-hybridized carbons (Fsp3) is 0.643. The second kappa shape index (κ2) is 9.07. The summed E-state index contributed by atoms with van der Waals surface area (Å²) in [6.07, 6.45) is 1.68. The monoisotopic (exact) mass is 285 g/mol. The van der Waals surface area contributed by atoms with E-state index in [-0.39, 0.29) is 5.97 Å². The molecule has 0 unspecified atom stereocenters. The van der Waals surface area contributed by atoms with Crippen molar-refractivity contribution in [1.29, 1.82) is 0 Å². The first-order valence-corrected chi connectivity index (χ1v) is 7.40. The Morgan fingerprint density at radius 3 is 2.79 bits per heavy atom. The van der Waals surface area contributed by atoms with E-state index in [4.69, 9.17) is 4.74 Å². The molecular formula is C14H23NO3S. The first-order valence-electron chi connectivity index (χ1n) is 6.58. The molecule has 0 aliphatic heterocycles. The highest BCUT2D eigenvalue weighted by Crippen LogP contribution is 2.17. The minimum atomic E-state index is -0.188. The van der Waals surface area contributed by atoms with Gasteiger partial charge in [0.25, 0.3) is 0 Å². The van der Waals surface area contributed by atoms with Crippen LogP contribution in [0, 0.1) is 0 Å². The summed E-state index contributed by atoms with van der Waals surface area (Å²) in [7, 11) is 1.41. The van der Waals surface area contributed by atoms with Crippen molar-refractivity contribution in [1.82, 2.24) is 5.32 Å². The number of hydrogen-bond acceptors (Lipinski definition) is 5. The maximum Gasteiger partial charge on any atom is 0.310 e. The highest BCUT2D eigenvalue weighted by atomic mass is 32.1. The standard InChI is InChI=1S/C14H23NO3S/c1-11(2)18-8-4-7-15-10-13-6-5-12(19-13)9-14(16)17-3/h5-6,11,15H,4,7-10H2,1-3H3. The fourth-order valence-electron chi connectivity index (χ4n) is 1.55. The predicted octanol–water partition coefficient (Wildman–Crippen LogP) is 2.37.